The van der Waals surface area contributed by atoms with Gasteiger partial charge in [-0.25, -0.2) is 4.39 Å². The molecule has 0 saturated carbocycles. The van der Waals surface area contributed by atoms with E-state index in [9.17, 15) is 14.5 Å². The number of nitrogens with one attached hydrogen (secondary N) is 1. The second kappa shape index (κ2) is 8.22. The number of halogens is 1. The number of benzene rings is 2. The molecule has 1 heterocycles. The summed E-state index contributed by atoms with van der Waals surface area (Å²) in [6, 6.07) is 9.58. The first-order chi connectivity index (χ1) is 13.0. The highest BCUT2D eigenvalue weighted by Crippen LogP contribution is 2.34. The van der Waals surface area contributed by atoms with Gasteiger partial charge in [0.1, 0.15) is 12.4 Å². The first-order valence-electron chi connectivity index (χ1n) is 8.75. The fourth-order valence-electron chi connectivity index (χ4n) is 3.40. The van der Waals surface area contributed by atoms with Crippen LogP contribution in [0.3, 0.4) is 0 Å². The zero-order chi connectivity index (χ0) is 19.4. The fraction of sp³-hybridized carbons (Fsp3) is 0.368. The van der Waals surface area contributed by atoms with Crippen molar-refractivity contribution in [3.05, 3.63) is 57.9 Å². The minimum absolute atomic E-state index is 0.0427. The van der Waals surface area contributed by atoms with Crippen molar-refractivity contribution < 1.29 is 23.7 Å². The molecule has 2 aromatic rings. The molecule has 0 radical (unpaired) electrons. The number of hydrogen-bond acceptors (Lipinski definition) is 5. The van der Waals surface area contributed by atoms with Crippen LogP contribution in [-0.2, 0) is 6.54 Å². The quantitative estimate of drug-likeness (QED) is 0.613. The van der Waals surface area contributed by atoms with Gasteiger partial charge in [-0.1, -0.05) is 0 Å². The van der Waals surface area contributed by atoms with Crippen LogP contribution < -0.4 is 19.3 Å². The Balaban J connectivity index is 1.71. The molecule has 1 saturated heterocycles. The molecule has 0 amide bonds. The maximum Gasteiger partial charge on any atom is 0.282 e. The predicted octanol–water partition coefficient (Wildman–Crippen LogP) is 1.66. The van der Waals surface area contributed by atoms with Crippen molar-refractivity contribution in [3.63, 3.8) is 0 Å². The van der Waals surface area contributed by atoms with Gasteiger partial charge in [-0.3, -0.25) is 10.1 Å². The highest BCUT2D eigenvalue weighted by Gasteiger charge is 2.26. The summed E-state index contributed by atoms with van der Waals surface area (Å²) in [6.07, 6.45) is 0. The van der Waals surface area contributed by atoms with Crippen molar-refractivity contribution in [2.75, 3.05) is 45.3 Å². The number of nitrogens with zero attached hydrogens (tertiary/aromatic N) is 2. The molecule has 7 nitrogen and oxygen atoms in total. The molecule has 0 spiro atoms. The maximum absolute atomic E-state index is 13.1. The molecule has 0 bridgehead atoms. The lowest BCUT2D eigenvalue weighted by Gasteiger charge is -2.33. The third-order valence-electron chi connectivity index (χ3n) is 4.88. The Hall–Kier alpha value is -2.87. The van der Waals surface area contributed by atoms with Crippen LogP contribution >= 0.6 is 0 Å². The van der Waals surface area contributed by atoms with Crippen molar-refractivity contribution in [3.8, 4) is 11.5 Å². The summed E-state index contributed by atoms with van der Waals surface area (Å²) in [7, 11) is 2.98. The van der Waals surface area contributed by atoms with Crippen molar-refractivity contribution >= 4 is 11.4 Å². The Morgan fingerprint density at radius 2 is 1.70 bits per heavy atom. The van der Waals surface area contributed by atoms with E-state index >= 15 is 0 Å². The molecule has 1 N–H and O–H groups in total. The normalized spacial score (nSPS) is 14.9. The van der Waals surface area contributed by atoms with Gasteiger partial charge in [0, 0.05) is 5.69 Å². The standard InChI is InChI=1S/C19H22FN3O4/c1-26-18-11-14(17(23(24)25)12-19(18)27-2)13-21-7-9-22(10-8-21)16-5-3-15(20)4-6-16/h3-6,11-12H,7-10,13H2,1-2H3/p+1. The van der Waals surface area contributed by atoms with Crippen LogP contribution in [0.4, 0.5) is 15.8 Å². The molecule has 1 aliphatic rings. The number of nitro benzene ring substituents is 1. The molecule has 0 unspecified atom stereocenters. The summed E-state index contributed by atoms with van der Waals surface area (Å²) < 4.78 is 23.5. The van der Waals surface area contributed by atoms with Gasteiger partial charge in [0.15, 0.2) is 11.5 Å². The molecule has 2 aromatic carbocycles. The minimum atomic E-state index is -0.383. The number of rotatable bonds is 6. The van der Waals surface area contributed by atoms with E-state index in [2.05, 4.69) is 4.90 Å². The van der Waals surface area contributed by atoms with Crippen LogP contribution in [0.1, 0.15) is 5.56 Å². The number of methoxy groups -OCH3 is 2. The third-order valence-corrected chi connectivity index (χ3v) is 4.88. The van der Waals surface area contributed by atoms with Crippen LogP contribution in [0.5, 0.6) is 11.5 Å². The Labute approximate surface area is 157 Å². The predicted molar refractivity (Wildman–Crippen MR) is 99.2 cm³/mol. The minimum Gasteiger partial charge on any atom is -0.493 e. The van der Waals surface area contributed by atoms with Crippen LogP contribution in [0.15, 0.2) is 36.4 Å². The average molecular weight is 376 g/mol. The van der Waals surface area contributed by atoms with Crippen molar-refractivity contribution in [2.45, 2.75) is 6.54 Å². The van der Waals surface area contributed by atoms with Gasteiger partial charge in [0.2, 0.25) is 0 Å². The highest BCUT2D eigenvalue weighted by atomic mass is 19.1. The summed E-state index contributed by atoms with van der Waals surface area (Å²) >= 11 is 0. The number of quaternary nitrogens is 1. The Morgan fingerprint density at radius 1 is 1.11 bits per heavy atom. The average Bonchev–Trinajstić information content (AvgIpc) is 2.68. The molecule has 144 valence electrons. The van der Waals surface area contributed by atoms with Crippen molar-refractivity contribution in [1.82, 2.24) is 0 Å². The second-order valence-corrected chi connectivity index (χ2v) is 6.48. The van der Waals surface area contributed by atoms with E-state index in [4.69, 9.17) is 9.47 Å². The number of nitro groups is 1. The largest absolute Gasteiger partial charge is 0.493 e. The second-order valence-electron chi connectivity index (χ2n) is 6.48. The number of hydrogen-bond donors (Lipinski definition) is 1. The lowest BCUT2D eigenvalue weighted by Crippen LogP contribution is -3.13. The Morgan fingerprint density at radius 3 is 2.26 bits per heavy atom. The summed E-state index contributed by atoms with van der Waals surface area (Å²) in [4.78, 5) is 14.5. The van der Waals surface area contributed by atoms with E-state index in [0.29, 0.717) is 23.6 Å². The smallest absolute Gasteiger partial charge is 0.282 e. The topological polar surface area (TPSA) is 69.3 Å². The zero-order valence-corrected chi connectivity index (χ0v) is 15.4. The molecule has 0 atom stereocenters. The molecule has 0 aromatic heterocycles. The zero-order valence-electron chi connectivity index (χ0n) is 15.4. The molecular formula is C19H23FN3O4+. The lowest BCUT2D eigenvalue weighted by atomic mass is 10.1. The van der Waals surface area contributed by atoms with Crippen LogP contribution in [0, 0.1) is 15.9 Å². The summed E-state index contributed by atoms with van der Waals surface area (Å²) in [5.74, 6) is 0.593. The van der Waals surface area contributed by atoms with Gasteiger partial charge >= 0.3 is 0 Å². The van der Waals surface area contributed by atoms with Gasteiger partial charge in [-0.15, -0.1) is 0 Å². The van der Waals surface area contributed by atoms with E-state index < -0.39 is 0 Å². The van der Waals surface area contributed by atoms with Gasteiger partial charge < -0.3 is 19.3 Å². The van der Waals surface area contributed by atoms with Crippen LogP contribution in [0.25, 0.3) is 0 Å². The molecule has 1 aliphatic heterocycles. The number of ether oxygens (including phenoxy) is 2. The van der Waals surface area contributed by atoms with Crippen LogP contribution in [0.2, 0.25) is 0 Å². The van der Waals surface area contributed by atoms with Gasteiger partial charge in [-0.05, 0) is 30.3 Å². The summed E-state index contributed by atoms with van der Waals surface area (Å²) in [5, 5.41) is 11.5. The van der Waals surface area contributed by atoms with E-state index in [1.807, 2.05) is 0 Å². The van der Waals surface area contributed by atoms with E-state index in [1.165, 1.54) is 37.3 Å². The summed E-state index contributed by atoms with van der Waals surface area (Å²) in [5.41, 5.74) is 1.66. The number of piperazine rings is 1. The highest BCUT2D eigenvalue weighted by molar-refractivity contribution is 5.54. The monoisotopic (exact) mass is 376 g/mol. The first-order valence-corrected chi connectivity index (χ1v) is 8.75. The van der Waals surface area contributed by atoms with Crippen molar-refractivity contribution in [1.29, 1.82) is 0 Å². The molecule has 3 rings (SSSR count). The third kappa shape index (κ3) is 4.28. The molecule has 0 aliphatic carbocycles. The fourth-order valence-corrected chi connectivity index (χ4v) is 3.40. The van der Waals surface area contributed by atoms with Crippen molar-refractivity contribution in [2.24, 2.45) is 0 Å². The molecule has 8 heteroatoms. The summed E-state index contributed by atoms with van der Waals surface area (Å²) in [6.45, 7) is 3.82. The Kier molecular flexibility index (Phi) is 5.75. The van der Waals surface area contributed by atoms with Gasteiger partial charge in [0.25, 0.3) is 5.69 Å². The number of anilines is 1. The molecular weight excluding hydrogens is 353 g/mol. The maximum atomic E-state index is 13.1. The van der Waals surface area contributed by atoms with Gasteiger partial charge in [0.05, 0.1) is 57.0 Å². The lowest BCUT2D eigenvalue weighted by molar-refractivity contribution is -0.914. The van der Waals surface area contributed by atoms with E-state index in [0.717, 1.165) is 31.9 Å². The Bertz CT molecular complexity index is 805. The van der Waals surface area contributed by atoms with Gasteiger partial charge in [-0.2, -0.15) is 0 Å². The van der Waals surface area contributed by atoms with E-state index in [-0.39, 0.29) is 16.4 Å². The molecule has 27 heavy (non-hydrogen) atoms. The molecule has 1 fully saturated rings. The first kappa shape index (κ1) is 18.9. The van der Waals surface area contributed by atoms with Crippen LogP contribution in [-0.4, -0.2) is 45.3 Å². The van der Waals surface area contributed by atoms with E-state index in [1.54, 1.807) is 18.2 Å². The SMILES string of the molecule is COc1cc(C[NH+]2CCN(c3ccc(F)cc3)CC2)c([N+](=O)[O-])cc1OC.